The van der Waals surface area contributed by atoms with Crippen molar-refractivity contribution in [1.82, 2.24) is 35.1 Å². The minimum atomic E-state index is -0.887. The highest BCUT2D eigenvalue weighted by Crippen LogP contribution is 2.31. The Balaban J connectivity index is 1.03. The number of anilines is 2. The van der Waals surface area contributed by atoms with Gasteiger partial charge in [-0.05, 0) is 13.0 Å². The van der Waals surface area contributed by atoms with Crippen molar-refractivity contribution in [1.29, 1.82) is 0 Å². The van der Waals surface area contributed by atoms with Gasteiger partial charge < -0.3 is 29.7 Å². The van der Waals surface area contributed by atoms with Gasteiger partial charge in [-0.2, -0.15) is 0 Å². The van der Waals surface area contributed by atoms with E-state index >= 15 is 8.78 Å². The Labute approximate surface area is 253 Å². The van der Waals surface area contributed by atoms with E-state index in [-0.39, 0.29) is 68.0 Å². The number of hydrogen-bond donors (Lipinski definition) is 2. The zero-order chi connectivity index (χ0) is 31.7. The number of halogens is 2. The third-order valence-corrected chi connectivity index (χ3v) is 7.43. The Bertz CT molecular complexity index is 1700. The summed E-state index contributed by atoms with van der Waals surface area (Å²) >= 11 is 0. The molecule has 0 radical (unpaired) electrons. The van der Waals surface area contributed by atoms with Gasteiger partial charge in [0.2, 0.25) is 17.4 Å². The second kappa shape index (κ2) is 12.2. The molecule has 2 aliphatic heterocycles. The van der Waals surface area contributed by atoms with Gasteiger partial charge in [0, 0.05) is 63.0 Å². The first-order valence-electron chi connectivity index (χ1n) is 14.0. The maximum atomic E-state index is 15.3. The predicted molar refractivity (Wildman–Crippen MR) is 152 cm³/mol. The van der Waals surface area contributed by atoms with E-state index in [0.717, 1.165) is 17.0 Å². The van der Waals surface area contributed by atoms with E-state index in [0.29, 0.717) is 5.78 Å². The number of rotatable bonds is 8. The Morgan fingerprint density at radius 2 is 1.84 bits per heavy atom. The zero-order valence-electron chi connectivity index (χ0n) is 23.9. The number of ether oxygens (including phenoxy) is 1. The van der Waals surface area contributed by atoms with Gasteiger partial charge in [-0.15, -0.1) is 0 Å². The maximum Gasteiger partial charge on any atom is 0.414 e. The van der Waals surface area contributed by atoms with Crippen LogP contribution in [0.3, 0.4) is 0 Å². The van der Waals surface area contributed by atoms with E-state index in [2.05, 4.69) is 25.8 Å². The van der Waals surface area contributed by atoms with Gasteiger partial charge >= 0.3 is 6.09 Å². The molecule has 45 heavy (non-hydrogen) atoms. The summed E-state index contributed by atoms with van der Waals surface area (Å²) in [5.41, 5.74) is -0.210. The van der Waals surface area contributed by atoms with E-state index in [1.807, 2.05) is 0 Å². The minimum Gasteiger partial charge on any atom is -0.442 e. The largest absolute Gasteiger partial charge is 0.442 e. The van der Waals surface area contributed by atoms with Crippen LogP contribution in [0.25, 0.3) is 5.78 Å². The average Bonchev–Trinajstić information content (AvgIpc) is 3.79. The highest BCUT2D eigenvalue weighted by Gasteiger charge is 2.35. The molecular formula is C28H27F2N9O6. The van der Waals surface area contributed by atoms with Gasteiger partial charge in [-0.3, -0.25) is 23.7 Å². The highest BCUT2D eigenvalue weighted by molar-refractivity contribution is 5.96. The fraction of sp³-hybridized carbons (Fsp3) is 0.321. The number of amides is 4. The molecule has 2 N–H and O–H groups in total. The number of hydrogen-bond acceptors (Lipinski definition) is 10. The van der Waals surface area contributed by atoms with Crippen LogP contribution >= 0.6 is 0 Å². The molecule has 17 heteroatoms. The Kier molecular flexibility index (Phi) is 7.97. The van der Waals surface area contributed by atoms with E-state index in [4.69, 9.17) is 9.26 Å². The van der Waals surface area contributed by atoms with Crippen LogP contribution in [0.5, 0.6) is 0 Å². The number of fused-ring (bicyclic) bond motifs is 1. The lowest BCUT2D eigenvalue weighted by Gasteiger charge is -2.37. The monoisotopic (exact) mass is 623 g/mol. The summed E-state index contributed by atoms with van der Waals surface area (Å²) < 4.78 is 42.1. The first-order chi connectivity index (χ1) is 21.7. The van der Waals surface area contributed by atoms with Gasteiger partial charge in [-0.25, -0.2) is 23.5 Å². The predicted octanol–water partition coefficient (Wildman–Crippen LogP) is 1.22. The van der Waals surface area contributed by atoms with E-state index < -0.39 is 41.7 Å². The maximum absolute atomic E-state index is 15.3. The molecule has 6 rings (SSSR count). The second-order valence-corrected chi connectivity index (χ2v) is 10.4. The standard InChI is InChI=1S/C28H27F2N9O6/c1-16(34-24(40)21-15-38-6-2-4-31-27(38)35-21)26(42)37-9-7-36(8-10-37)23-19(29)11-17(12-20(23)30)39-14-18(44-28(39)43)13-32-25(41)22-3-5-33-45-22/h2-6,11-12,15-16,18H,7-10,13-14H2,1H3,(H,32,41)(H,34,40). The SMILES string of the molecule is CC(NC(=O)c1cn2cccnc2n1)C(=O)N1CCN(c2c(F)cc(N3CC(CNC(=O)c4ccno4)OC3=O)cc2F)CC1. The van der Waals surface area contributed by atoms with Crippen LogP contribution < -0.4 is 20.4 Å². The van der Waals surface area contributed by atoms with Crippen molar-refractivity contribution in [3.05, 3.63) is 72.1 Å². The molecule has 0 aliphatic carbocycles. The topological polar surface area (TPSA) is 168 Å². The molecule has 2 aliphatic rings. The third kappa shape index (κ3) is 6.09. The van der Waals surface area contributed by atoms with Crippen molar-refractivity contribution in [3.8, 4) is 0 Å². The molecule has 15 nitrogen and oxygen atoms in total. The fourth-order valence-electron chi connectivity index (χ4n) is 5.17. The molecule has 234 valence electrons. The van der Waals surface area contributed by atoms with Gasteiger partial charge in [-0.1, -0.05) is 5.16 Å². The first-order valence-corrected chi connectivity index (χ1v) is 14.0. The molecule has 2 saturated heterocycles. The summed E-state index contributed by atoms with van der Waals surface area (Å²) in [6.07, 6.45) is 4.49. The number of carbonyl (C=O) groups is 4. The van der Waals surface area contributed by atoms with Crippen molar-refractivity contribution in [2.75, 3.05) is 49.1 Å². The molecule has 5 heterocycles. The number of imidazole rings is 1. The molecule has 4 aromatic rings. The van der Waals surface area contributed by atoms with Crippen molar-refractivity contribution in [2.24, 2.45) is 0 Å². The summed E-state index contributed by atoms with van der Waals surface area (Å²) in [5.74, 6) is -2.87. The lowest BCUT2D eigenvalue weighted by atomic mass is 10.1. The van der Waals surface area contributed by atoms with Gasteiger partial charge in [0.1, 0.15) is 23.5 Å². The molecule has 0 spiro atoms. The van der Waals surface area contributed by atoms with Crippen LogP contribution in [0.15, 0.2) is 53.6 Å². The molecule has 2 unspecified atom stereocenters. The van der Waals surface area contributed by atoms with Crippen molar-refractivity contribution in [2.45, 2.75) is 19.1 Å². The molecule has 4 amide bonds. The first kappa shape index (κ1) is 29.5. The second-order valence-electron chi connectivity index (χ2n) is 10.4. The molecule has 0 saturated carbocycles. The van der Waals surface area contributed by atoms with Crippen LogP contribution in [-0.2, 0) is 9.53 Å². The van der Waals surface area contributed by atoms with Gasteiger partial charge in [0.05, 0.1) is 25.0 Å². The average molecular weight is 624 g/mol. The number of nitrogens with zero attached hydrogens (tertiary/aromatic N) is 7. The zero-order valence-corrected chi connectivity index (χ0v) is 23.9. The lowest BCUT2D eigenvalue weighted by molar-refractivity contribution is -0.133. The van der Waals surface area contributed by atoms with Crippen LogP contribution in [0.2, 0.25) is 0 Å². The third-order valence-electron chi connectivity index (χ3n) is 7.43. The molecule has 1 aromatic carbocycles. The number of benzene rings is 1. The molecule has 2 fully saturated rings. The van der Waals surface area contributed by atoms with Gasteiger partial charge in [0.25, 0.3) is 11.8 Å². The van der Waals surface area contributed by atoms with Crippen LogP contribution in [0.4, 0.5) is 25.0 Å². The highest BCUT2D eigenvalue weighted by atomic mass is 19.1. The molecule has 2 atom stereocenters. The Morgan fingerprint density at radius 1 is 1.09 bits per heavy atom. The minimum absolute atomic E-state index is 0.0141. The van der Waals surface area contributed by atoms with E-state index in [1.165, 1.54) is 28.3 Å². The Morgan fingerprint density at radius 3 is 2.53 bits per heavy atom. The quantitative estimate of drug-likeness (QED) is 0.291. The number of aromatic nitrogens is 4. The van der Waals surface area contributed by atoms with Crippen molar-refractivity contribution in [3.63, 3.8) is 0 Å². The summed E-state index contributed by atoms with van der Waals surface area (Å²) in [6, 6.07) is 4.28. The summed E-state index contributed by atoms with van der Waals surface area (Å²) in [4.78, 5) is 62.5. The number of carbonyl (C=O) groups excluding carboxylic acids is 4. The number of cyclic esters (lactones) is 1. The molecule has 3 aromatic heterocycles. The van der Waals surface area contributed by atoms with Crippen molar-refractivity contribution < 1.29 is 37.2 Å². The van der Waals surface area contributed by atoms with Crippen LogP contribution in [0.1, 0.15) is 28.0 Å². The summed E-state index contributed by atoms with van der Waals surface area (Å²) in [5, 5.41) is 8.63. The van der Waals surface area contributed by atoms with E-state index in [1.54, 1.807) is 29.8 Å². The fourth-order valence-corrected chi connectivity index (χ4v) is 5.17. The molecular weight excluding hydrogens is 596 g/mol. The smallest absolute Gasteiger partial charge is 0.414 e. The van der Waals surface area contributed by atoms with E-state index in [9.17, 15) is 19.2 Å². The summed E-state index contributed by atoms with van der Waals surface area (Å²) in [7, 11) is 0. The number of nitrogens with one attached hydrogen (secondary N) is 2. The number of piperazine rings is 1. The lowest BCUT2D eigenvalue weighted by Crippen LogP contribution is -2.54. The van der Waals surface area contributed by atoms with Crippen LogP contribution in [-0.4, -0.2) is 99.7 Å². The van der Waals surface area contributed by atoms with Crippen LogP contribution in [0, 0.1) is 11.6 Å². The molecule has 0 bridgehead atoms. The van der Waals surface area contributed by atoms with Gasteiger partial charge in [0.15, 0.2) is 11.6 Å². The van der Waals surface area contributed by atoms with Crippen molar-refractivity contribution >= 4 is 41.0 Å². The normalized spacial score (nSPS) is 17.4. The Hall–Kier alpha value is -5.61. The summed E-state index contributed by atoms with van der Waals surface area (Å²) in [6.45, 7) is 2.06.